The van der Waals surface area contributed by atoms with Gasteiger partial charge in [0, 0.05) is 0 Å². The first-order valence-corrected chi connectivity index (χ1v) is 5.44. The Morgan fingerprint density at radius 3 is 2.29 bits per heavy atom. The Kier molecular flexibility index (Phi) is 5.29. The van der Waals surface area contributed by atoms with E-state index in [0.29, 0.717) is 0 Å². The second-order valence-electron chi connectivity index (χ2n) is 4.00. The van der Waals surface area contributed by atoms with Crippen molar-refractivity contribution in [2.24, 2.45) is 5.73 Å². The van der Waals surface area contributed by atoms with Gasteiger partial charge in [-0.1, -0.05) is 15.9 Å². The summed E-state index contributed by atoms with van der Waals surface area (Å²) in [5.74, 6) is -0.643. The minimum absolute atomic E-state index is 0.0678. The van der Waals surface area contributed by atoms with E-state index in [1.807, 2.05) is 0 Å². The first kappa shape index (κ1) is 13.6. The number of hydrogen-bond acceptors (Lipinski definition) is 4. The van der Waals surface area contributed by atoms with E-state index in [2.05, 4.69) is 15.9 Å². The normalized spacial score (nSPS) is 13.5. The molecule has 0 bridgehead atoms. The van der Waals surface area contributed by atoms with Crippen LogP contribution in [0.3, 0.4) is 0 Å². The maximum Gasteiger partial charge on any atom is 0.308 e. The summed E-state index contributed by atoms with van der Waals surface area (Å²) in [6, 6.07) is -0.774. The lowest BCUT2D eigenvalue weighted by molar-refractivity contribution is -0.155. The predicted molar refractivity (Wildman–Crippen MR) is 57.2 cm³/mol. The molecule has 2 N–H and O–H groups in total. The number of halogens is 1. The van der Waals surface area contributed by atoms with Crippen LogP contribution in [-0.4, -0.2) is 28.7 Å². The third-order valence-electron chi connectivity index (χ3n) is 1.35. The molecule has 0 aliphatic carbocycles. The monoisotopic (exact) mass is 265 g/mol. The van der Waals surface area contributed by atoms with Gasteiger partial charge in [0.1, 0.15) is 5.60 Å². The smallest absolute Gasteiger partial charge is 0.308 e. The zero-order chi connectivity index (χ0) is 11.4. The molecule has 0 aliphatic heterocycles. The summed E-state index contributed by atoms with van der Waals surface area (Å²) in [7, 11) is 0. The fourth-order valence-corrected chi connectivity index (χ4v) is 1.19. The highest BCUT2D eigenvalue weighted by Crippen LogP contribution is 2.09. The Morgan fingerprint density at radius 2 is 1.93 bits per heavy atom. The first-order chi connectivity index (χ1) is 6.26. The lowest BCUT2D eigenvalue weighted by Gasteiger charge is -2.20. The van der Waals surface area contributed by atoms with Crippen LogP contribution in [0.1, 0.15) is 27.2 Å². The molecule has 82 valence electrons. The van der Waals surface area contributed by atoms with Crippen LogP contribution in [0.4, 0.5) is 0 Å². The van der Waals surface area contributed by atoms with Crippen molar-refractivity contribution in [1.29, 1.82) is 0 Å². The van der Waals surface area contributed by atoms with Crippen molar-refractivity contribution in [2.45, 2.75) is 38.8 Å². The minimum atomic E-state index is -0.774. The zero-order valence-electron chi connectivity index (χ0n) is 8.67. The third-order valence-corrected chi connectivity index (χ3v) is 1.90. The molecule has 4 nitrogen and oxygen atoms in total. The van der Waals surface area contributed by atoms with Crippen molar-refractivity contribution in [1.82, 2.24) is 0 Å². The van der Waals surface area contributed by atoms with Gasteiger partial charge in [-0.2, -0.15) is 0 Å². The number of nitrogens with two attached hydrogens (primary N) is 1. The molecule has 0 heterocycles. The maximum atomic E-state index is 11.2. The topological polar surface area (TPSA) is 69.4 Å². The Balaban J connectivity index is 4.01. The summed E-state index contributed by atoms with van der Waals surface area (Å²) >= 11 is 2.99. The summed E-state index contributed by atoms with van der Waals surface area (Å²) in [6.45, 7) is 5.30. The highest BCUT2D eigenvalue weighted by atomic mass is 79.9. The Hall–Kier alpha value is -0.420. The highest BCUT2D eigenvalue weighted by Gasteiger charge is 2.21. The molecule has 0 saturated carbocycles. The van der Waals surface area contributed by atoms with Gasteiger partial charge in [-0.15, -0.1) is 0 Å². The number of alkyl halides is 1. The highest BCUT2D eigenvalue weighted by molar-refractivity contribution is 9.09. The van der Waals surface area contributed by atoms with E-state index in [0.717, 1.165) is 0 Å². The van der Waals surface area contributed by atoms with Crippen molar-refractivity contribution in [3.63, 3.8) is 0 Å². The SMILES string of the molecule is CC(C)(C)OC(=O)C[C@H](N)C(=O)CBr. The summed E-state index contributed by atoms with van der Waals surface area (Å²) in [5, 5.41) is 0.164. The van der Waals surface area contributed by atoms with Crippen LogP contribution in [0.5, 0.6) is 0 Å². The molecule has 5 heteroatoms. The zero-order valence-corrected chi connectivity index (χ0v) is 10.3. The number of ketones is 1. The number of carbonyl (C=O) groups is 2. The second-order valence-corrected chi connectivity index (χ2v) is 4.56. The van der Waals surface area contributed by atoms with Crippen LogP contribution in [0, 0.1) is 0 Å². The lowest BCUT2D eigenvalue weighted by Crippen LogP contribution is -2.36. The Morgan fingerprint density at radius 1 is 1.43 bits per heavy atom. The van der Waals surface area contributed by atoms with Crippen LogP contribution in [0.25, 0.3) is 0 Å². The van der Waals surface area contributed by atoms with Crippen molar-refractivity contribution >= 4 is 27.7 Å². The fraction of sp³-hybridized carbons (Fsp3) is 0.778. The quantitative estimate of drug-likeness (QED) is 0.609. The number of ether oxygens (including phenoxy) is 1. The number of carbonyl (C=O) groups excluding carboxylic acids is 2. The summed E-state index contributed by atoms with van der Waals surface area (Å²) in [4.78, 5) is 22.3. The van der Waals surface area contributed by atoms with Crippen molar-refractivity contribution in [2.75, 3.05) is 5.33 Å². The number of esters is 1. The molecule has 0 aliphatic rings. The largest absolute Gasteiger partial charge is 0.460 e. The molecular weight excluding hydrogens is 250 g/mol. The van der Waals surface area contributed by atoms with E-state index in [4.69, 9.17) is 10.5 Å². The molecule has 0 amide bonds. The molecule has 0 fully saturated rings. The van der Waals surface area contributed by atoms with Gasteiger partial charge >= 0.3 is 5.97 Å². The molecule has 0 rings (SSSR count). The molecular formula is C9H16BrNO3. The molecule has 0 aromatic carbocycles. The van der Waals surface area contributed by atoms with Gasteiger partial charge in [-0.05, 0) is 20.8 Å². The molecule has 0 unspecified atom stereocenters. The van der Waals surface area contributed by atoms with Gasteiger partial charge in [0.05, 0.1) is 17.8 Å². The van der Waals surface area contributed by atoms with Gasteiger partial charge < -0.3 is 10.5 Å². The summed E-state index contributed by atoms with van der Waals surface area (Å²) < 4.78 is 5.02. The van der Waals surface area contributed by atoms with E-state index in [-0.39, 0.29) is 17.5 Å². The van der Waals surface area contributed by atoms with Gasteiger partial charge in [-0.3, -0.25) is 9.59 Å². The van der Waals surface area contributed by atoms with Crippen molar-refractivity contribution in [3.8, 4) is 0 Å². The minimum Gasteiger partial charge on any atom is -0.460 e. The number of Topliss-reactive ketones (excluding diaryl/α,β-unsaturated/α-hetero) is 1. The van der Waals surface area contributed by atoms with Crippen LogP contribution in [0.15, 0.2) is 0 Å². The summed E-state index contributed by atoms with van der Waals surface area (Å²) in [5.41, 5.74) is 4.93. The molecule has 14 heavy (non-hydrogen) atoms. The molecule has 1 atom stereocenters. The van der Waals surface area contributed by atoms with Crippen molar-refractivity contribution < 1.29 is 14.3 Å². The first-order valence-electron chi connectivity index (χ1n) is 4.32. The second kappa shape index (κ2) is 5.46. The summed E-state index contributed by atoms with van der Waals surface area (Å²) in [6.07, 6.45) is -0.0678. The molecule has 0 saturated heterocycles. The average molecular weight is 266 g/mol. The van der Waals surface area contributed by atoms with E-state index in [1.165, 1.54) is 0 Å². The maximum absolute atomic E-state index is 11.2. The van der Waals surface area contributed by atoms with E-state index >= 15 is 0 Å². The number of rotatable bonds is 4. The van der Waals surface area contributed by atoms with E-state index in [9.17, 15) is 9.59 Å². The number of hydrogen-bond donors (Lipinski definition) is 1. The van der Waals surface area contributed by atoms with Crippen molar-refractivity contribution in [3.05, 3.63) is 0 Å². The lowest BCUT2D eigenvalue weighted by atomic mass is 10.1. The standard InChI is InChI=1S/C9H16BrNO3/c1-9(2,3)14-8(13)4-6(11)7(12)5-10/h6H,4-5,11H2,1-3H3/t6-/m0/s1. The Bertz CT molecular complexity index is 223. The molecule has 0 aromatic rings. The van der Waals surface area contributed by atoms with Crippen LogP contribution < -0.4 is 5.73 Å². The van der Waals surface area contributed by atoms with Crippen LogP contribution in [-0.2, 0) is 14.3 Å². The molecule has 0 spiro atoms. The fourth-order valence-electron chi connectivity index (χ4n) is 0.776. The van der Waals surface area contributed by atoms with Gasteiger partial charge in [0.25, 0.3) is 0 Å². The van der Waals surface area contributed by atoms with Gasteiger partial charge in [0.15, 0.2) is 5.78 Å². The van der Waals surface area contributed by atoms with Crippen LogP contribution in [0.2, 0.25) is 0 Å². The molecule has 0 aromatic heterocycles. The van der Waals surface area contributed by atoms with Crippen LogP contribution >= 0.6 is 15.9 Å². The Labute approximate surface area is 92.3 Å². The predicted octanol–water partition coefficient (Wildman–Crippen LogP) is 1.01. The molecule has 0 radical (unpaired) electrons. The van der Waals surface area contributed by atoms with E-state index in [1.54, 1.807) is 20.8 Å². The van der Waals surface area contributed by atoms with E-state index < -0.39 is 17.6 Å². The third kappa shape index (κ3) is 6.10. The van der Waals surface area contributed by atoms with Gasteiger partial charge in [0.2, 0.25) is 0 Å². The van der Waals surface area contributed by atoms with Gasteiger partial charge in [-0.25, -0.2) is 0 Å². The average Bonchev–Trinajstić information content (AvgIpc) is 1.99.